The number of nitrogens with one attached hydrogen (secondary N) is 2. The fraction of sp³-hybridized carbons (Fsp3) is 0.722. The van der Waals surface area contributed by atoms with E-state index in [0.717, 1.165) is 62.9 Å². The Hall–Kier alpha value is -0.500. The van der Waals surface area contributed by atoms with Crippen LogP contribution in [0.3, 0.4) is 0 Å². The maximum absolute atomic E-state index is 13.8. The molecule has 3 fully saturated rings. The molecule has 0 bridgehead atoms. The highest BCUT2D eigenvalue weighted by Gasteiger charge is 2.36. The molecule has 3 saturated heterocycles. The fourth-order valence-electron chi connectivity index (χ4n) is 5.25. The number of rotatable bonds is 18. The van der Waals surface area contributed by atoms with Gasteiger partial charge in [-0.1, -0.05) is 43.6 Å². The summed E-state index contributed by atoms with van der Waals surface area (Å²) < 4.78 is 61.2. The SMILES string of the molecule is C=C(C)[C@@H]1CCC(C)=C[C@H]1c1c(O)cc(CCCCC)cc1OP(=O)(NCC1CO1)N(C)C.CN(C)P(=O)(Cl)Cl.CN(C)P(=O)(Cl)NCC1CO1.NCC1CO1. The number of aryl methyl sites for hydroxylation is 1. The first kappa shape index (κ1) is 51.6. The molecule has 0 amide bonds. The maximum Gasteiger partial charge on any atom is 0.392 e. The minimum atomic E-state index is -3.39. The van der Waals surface area contributed by atoms with E-state index in [-0.39, 0.29) is 29.8 Å². The summed E-state index contributed by atoms with van der Waals surface area (Å²) in [4.78, 5) is 0. The molecular weight excluding hydrogens is 844 g/mol. The molecule has 14 nitrogen and oxygen atoms in total. The number of ether oxygens (including phenoxy) is 3. The van der Waals surface area contributed by atoms with Crippen LogP contribution in [0.5, 0.6) is 11.5 Å². The largest absolute Gasteiger partial charge is 0.507 e. The summed E-state index contributed by atoms with van der Waals surface area (Å²) in [6.07, 6.45) is 9.03. The highest BCUT2D eigenvalue weighted by atomic mass is 35.9. The minimum absolute atomic E-state index is 0.0710. The van der Waals surface area contributed by atoms with Gasteiger partial charge in [0.05, 0.1) is 38.1 Å². The molecule has 1 aromatic carbocycles. The zero-order chi connectivity index (χ0) is 42.4. The van der Waals surface area contributed by atoms with Crippen LogP contribution in [0.1, 0.15) is 69.9 Å². The first-order chi connectivity index (χ1) is 26.0. The summed E-state index contributed by atoms with van der Waals surface area (Å²) in [5.41, 5.74) is 9.18. The molecule has 324 valence electrons. The van der Waals surface area contributed by atoms with Crippen molar-refractivity contribution in [3.63, 3.8) is 0 Å². The van der Waals surface area contributed by atoms with E-state index in [2.05, 4.69) is 36.7 Å². The monoisotopic (exact) mass is 908 g/mol. The van der Waals surface area contributed by atoms with Crippen molar-refractivity contribution in [3.05, 3.63) is 47.1 Å². The van der Waals surface area contributed by atoms with Gasteiger partial charge in [-0.25, -0.2) is 28.8 Å². The van der Waals surface area contributed by atoms with Crippen molar-refractivity contribution in [2.75, 3.05) is 81.7 Å². The Balaban J connectivity index is 0.000000377. The lowest BCUT2D eigenvalue weighted by Gasteiger charge is -2.33. The van der Waals surface area contributed by atoms with Crippen LogP contribution in [-0.4, -0.2) is 119 Å². The van der Waals surface area contributed by atoms with Gasteiger partial charge in [-0.2, -0.15) is 0 Å². The second-order valence-electron chi connectivity index (χ2n) is 14.9. The van der Waals surface area contributed by atoms with Crippen molar-refractivity contribution < 1.29 is 37.5 Å². The van der Waals surface area contributed by atoms with Crippen LogP contribution in [0.2, 0.25) is 0 Å². The highest BCUT2D eigenvalue weighted by Crippen LogP contribution is 2.58. The van der Waals surface area contributed by atoms with Crippen molar-refractivity contribution in [1.29, 1.82) is 0 Å². The van der Waals surface area contributed by atoms with Crippen LogP contribution >= 0.6 is 54.2 Å². The Labute approximate surface area is 349 Å². The van der Waals surface area contributed by atoms with E-state index >= 15 is 0 Å². The van der Waals surface area contributed by atoms with Gasteiger partial charge in [0, 0.05) is 31.1 Å². The molecule has 5 rings (SSSR count). The average molecular weight is 910 g/mol. The highest BCUT2D eigenvalue weighted by molar-refractivity contribution is 8.06. The number of phenolic OH excluding ortho intramolecular Hbond substituents is 1. The fourth-order valence-corrected chi connectivity index (χ4v) is 7.53. The lowest BCUT2D eigenvalue weighted by Crippen LogP contribution is -2.28. The lowest BCUT2D eigenvalue weighted by molar-refractivity contribution is 0.372. The van der Waals surface area contributed by atoms with E-state index in [4.69, 9.17) is 58.2 Å². The van der Waals surface area contributed by atoms with Crippen LogP contribution < -0.4 is 20.4 Å². The second kappa shape index (κ2) is 24.1. The molecule has 20 heteroatoms. The average Bonchev–Trinajstić information content (AvgIpc) is 3.95. The summed E-state index contributed by atoms with van der Waals surface area (Å²) in [6.45, 7) is 11.8. The van der Waals surface area contributed by atoms with Gasteiger partial charge in [0.2, 0.25) is 0 Å². The molecule has 5 N–H and O–H groups in total. The number of epoxide rings is 3. The van der Waals surface area contributed by atoms with E-state index in [9.17, 15) is 18.8 Å². The summed E-state index contributed by atoms with van der Waals surface area (Å²) >= 11 is 15.9. The van der Waals surface area contributed by atoms with Crippen molar-refractivity contribution >= 4 is 54.2 Å². The van der Waals surface area contributed by atoms with E-state index < -0.39 is 20.5 Å². The summed E-state index contributed by atoms with van der Waals surface area (Å²) in [5.74, 6) is -2.14. The Bertz CT molecular complexity index is 1570. The zero-order valence-corrected chi connectivity index (χ0v) is 39.5. The first-order valence-corrected chi connectivity index (χ1v) is 26.5. The number of unbranched alkanes of at least 4 members (excludes halogenated alkanes) is 2. The van der Waals surface area contributed by atoms with Gasteiger partial charge in [0.15, 0.2) is 0 Å². The summed E-state index contributed by atoms with van der Waals surface area (Å²) in [5, 5.41) is 17.1. The molecule has 1 aliphatic carbocycles. The molecule has 7 atom stereocenters. The number of aromatic hydroxyl groups is 1. The third kappa shape index (κ3) is 19.3. The van der Waals surface area contributed by atoms with Gasteiger partial charge in [-0.3, -0.25) is 9.13 Å². The van der Waals surface area contributed by atoms with Crippen LogP contribution in [-0.2, 0) is 34.3 Å². The van der Waals surface area contributed by atoms with Crippen LogP contribution in [0, 0.1) is 5.92 Å². The molecule has 3 heterocycles. The smallest absolute Gasteiger partial charge is 0.392 e. The number of phenols is 1. The van der Waals surface area contributed by atoms with Crippen LogP contribution in [0.4, 0.5) is 0 Å². The molecule has 0 radical (unpaired) electrons. The van der Waals surface area contributed by atoms with Crippen molar-refractivity contribution in [2.24, 2.45) is 11.7 Å². The molecule has 0 spiro atoms. The van der Waals surface area contributed by atoms with E-state index in [0.29, 0.717) is 43.7 Å². The molecular formula is C36H66Cl3N6O8P3. The molecule has 1 aromatic rings. The van der Waals surface area contributed by atoms with Gasteiger partial charge < -0.3 is 29.6 Å². The summed E-state index contributed by atoms with van der Waals surface area (Å²) in [7, 11) is 6.56. The second-order valence-corrected chi connectivity index (χ2v) is 25.7. The third-order valence-corrected chi connectivity index (χ3v) is 16.9. The van der Waals surface area contributed by atoms with Crippen molar-refractivity contribution in [1.82, 2.24) is 24.2 Å². The number of nitrogens with two attached hydrogens (primary N) is 1. The van der Waals surface area contributed by atoms with Gasteiger partial charge in [0.1, 0.15) is 11.5 Å². The maximum atomic E-state index is 13.8. The third-order valence-electron chi connectivity index (χ3n) is 9.19. The van der Waals surface area contributed by atoms with Gasteiger partial charge in [-0.15, -0.1) is 0 Å². The number of allylic oxidation sites excluding steroid dienone is 3. The zero-order valence-electron chi connectivity index (χ0n) is 34.5. The van der Waals surface area contributed by atoms with Crippen LogP contribution in [0.15, 0.2) is 35.9 Å². The normalized spacial score (nSPS) is 24.6. The van der Waals surface area contributed by atoms with Crippen molar-refractivity contribution in [3.8, 4) is 11.5 Å². The molecule has 56 heavy (non-hydrogen) atoms. The van der Waals surface area contributed by atoms with E-state index in [1.165, 1.54) is 14.9 Å². The Kier molecular flexibility index (Phi) is 22.2. The van der Waals surface area contributed by atoms with Gasteiger partial charge >= 0.3 is 20.5 Å². The Morgan fingerprint density at radius 1 is 0.929 bits per heavy atom. The Morgan fingerprint density at radius 2 is 1.46 bits per heavy atom. The summed E-state index contributed by atoms with van der Waals surface area (Å²) in [6, 6.07) is 3.83. The van der Waals surface area contributed by atoms with Crippen LogP contribution in [0.25, 0.3) is 0 Å². The van der Waals surface area contributed by atoms with Crippen molar-refractivity contribution in [2.45, 2.75) is 83.5 Å². The number of hydrogen-bond acceptors (Lipinski definition) is 9. The first-order valence-electron chi connectivity index (χ1n) is 18.9. The number of halogens is 3. The lowest BCUT2D eigenvalue weighted by atomic mass is 9.73. The number of hydrogen-bond donors (Lipinski definition) is 4. The predicted molar refractivity (Wildman–Crippen MR) is 232 cm³/mol. The molecule has 0 saturated carbocycles. The standard InChI is InChI=1S/C26H41N2O4P.C5H12ClN2O2P.C3H7NO.C2H6Cl2NOP/c1-7-8-9-10-20-14-24(29)26(23-13-19(4)11-12-22(23)18(2)3)25(15-20)32-33(30,28(5)6)27-16-21-17-31-21;1-8(2)11(6,9)7-3-5-4-10-5;4-1-3-2-5-3;1-5(2)7(3,4)6/h13-15,21-23,29H,2,7-12,16-17H2,1,3-6H3,(H,27,30);5H,3-4H2,1-2H3,(H,7,9);3H,1-2,4H2;1-2H3/t21?,22-,23+,33?;;;/m0.../s1. The number of nitrogens with zero attached hydrogens (tertiary/aromatic N) is 3. The molecule has 5 unspecified atom stereocenters. The van der Waals surface area contributed by atoms with Gasteiger partial charge in [0.25, 0.3) is 0 Å². The molecule has 3 aliphatic heterocycles. The van der Waals surface area contributed by atoms with E-state index in [1.54, 1.807) is 47.0 Å². The number of benzene rings is 1. The van der Waals surface area contributed by atoms with E-state index in [1.807, 2.05) is 19.1 Å². The quantitative estimate of drug-likeness (QED) is 0.0477. The molecule has 4 aliphatic rings. The molecule has 0 aromatic heterocycles. The topological polar surface area (TPSA) is 178 Å². The predicted octanol–water partition coefficient (Wildman–Crippen LogP) is 8.54. The Morgan fingerprint density at radius 3 is 1.88 bits per heavy atom. The van der Waals surface area contributed by atoms with Gasteiger partial charge in [-0.05, 0) is 139 Å². The minimum Gasteiger partial charge on any atom is -0.507 e.